The predicted octanol–water partition coefficient (Wildman–Crippen LogP) is 4.57. The number of nitrogens with zero attached hydrogens (tertiary/aromatic N) is 2. The Morgan fingerprint density at radius 1 is 1.07 bits per heavy atom. The van der Waals surface area contributed by atoms with Gasteiger partial charge in [0.2, 0.25) is 0 Å². The van der Waals surface area contributed by atoms with Crippen LogP contribution in [-0.4, -0.2) is 43.4 Å². The van der Waals surface area contributed by atoms with E-state index < -0.39 is 0 Å². The van der Waals surface area contributed by atoms with Gasteiger partial charge in [0.05, 0.1) is 24.7 Å². The van der Waals surface area contributed by atoms with Gasteiger partial charge in [0.1, 0.15) is 12.4 Å². The molecule has 1 N–H and O–H groups in total. The maximum atomic E-state index is 6.02. The smallest absolute Gasteiger partial charge is 0.139 e. The number of aromatic nitrogens is 1. The lowest BCUT2D eigenvalue weighted by molar-refractivity contribution is 0.116. The molecule has 0 radical (unpaired) electrons. The van der Waals surface area contributed by atoms with E-state index in [1.54, 1.807) is 0 Å². The van der Waals surface area contributed by atoms with E-state index in [9.17, 15) is 0 Å². The first-order valence-electron chi connectivity index (χ1n) is 11.6. The monoisotopic (exact) mass is 409 g/mol. The van der Waals surface area contributed by atoms with E-state index in [-0.39, 0.29) is 0 Å². The van der Waals surface area contributed by atoms with Gasteiger partial charge in [-0.2, -0.15) is 0 Å². The first-order chi connectivity index (χ1) is 14.9. The van der Waals surface area contributed by atoms with Crippen molar-refractivity contribution in [1.82, 2.24) is 10.3 Å². The van der Waals surface area contributed by atoms with Crippen molar-refractivity contribution < 1.29 is 9.47 Å². The van der Waals surface area contributed by atoms with Gasteiger partial charge in [0, 0.05) is 31.3 Å². The molecule has 2 fully saturated rings. The molecular formula is C25H35N3O2. The van der Waals surface area contributed by atoms with Gasteiger partial charge in [-0.25, -0.2) is 0 Å². The molecule has 2 atom stereocenters. The van der Waals surface area contributed by atoms with Gasteiger partial charge in [-0.3, -0.25) is 4.98 Å². The standard InChI is InChI=1S/C25H35N3O2/c1-2-8-21(9-3-1)19-29-15-5-4-11-23-12-7-14-28(23)24-16-25(18-26-17-24)30-20-22-10-6-13-27-22/h1-3,8-9,16-18,22-23,27H,4-7,10-15,19-20H2/t22-,23?/m0/s1. The Balaban J connectivity index is 1.19. The summed E-state index contributed by atoms with van der Waals surface area (Å²) in [6.07, 6.45) is 12.3. The zero-order chi connectivity index (χ0) is 20.4. The number of nitrogens with one attached hydrogen (secondary N) is 1. The summed E-state index contributed by atoms with van der Waals surface area (Å²) in [5, 5.41) is 3.48. The first-order valence-corrected chi connectivity index (χ1v) is 11.6. The normalized spacial score (nSPS) is 21.3. The number of hydrogen-bond acceptors (Lipinski definition) is 5. The molecule has 30 heavy (non-hydrogen) atoms. The number of pyridine rings is 1. The molecule has 0 saturated carbocycles. The summed E-state index contributed by atoms with van der Waals surface area (Å²) >= 11 is 0. The van der Waals surface area contributed by atoms with E-state index in [1.165, 1.54) is 49.8 Å². The molecule has 2 aliphatic rings. The number of unbranched alkanes of at least 4 members (excludes halogenated alkanes) is 1. The highest BCUT2D eigenvalue weighted by Crippen LogP contribution is 2.30. The lowest BCUT2D eigenvalue weighted by atomic mass is 10.1. The summed E-state index contributed by atoms with van der Waals surface area (Å²) < 4.78 is 11.9. The lowest BCUT2D eigenvalue weighted by Gasteiger charge is -2.27. The third-order valence-electron chi connectivity index (χ3n) is 6.21. The van der Waals surface area contributed by atoms with Crippen LogP contribution in [0, 0.1) is 0 Å². The molecule has 162 valence electrons. The Hall–Kier alpha value is -2.11. The van der Waals surface area contributed by atoms with Crippen molar-refractivity contribution in [1.29, 1.82) is 0 Å². The first kappa shape index (κ1) is 21.1. The molecule has 0 spiro atoms. The van der Waals surface area contributed by atoms with E-state index in [0.717, 1.165) is 38.5 Å². The van der Waals surface area contributed by atoms with Crippen molar-refractivity contribution in [2.75, 3.05) is 31.2 Å². The van der Waals surface area contributed by atoms with Gasteiger partial charge in [-0.15, -0.1) is 0 Å². The lowest BCUT2D eigenvalue weighted by Crippen LogP contribution is -2.30. The van der Waals surface area contributed by atoms with Crippen molar-refractivity contribution in [2.45, 2.75) is 63.6 Å². The summed E-state index contributed by atoms with van der Waals surface area (Å²) in [4.78, 5) is 6.98. The van der Waals surface area contributed by atoms with Crippen molar-refractivity contribution >= 4 is 5.69 Å². The van der Waals surface area contributed by atoms with E-state index in [4.69, 9.17) is 9.47 Å². The van der Waals surface area contributed by atoms with Crippen LogP contribution < -0.4 is 15.0 Å². The van der Waals surface area contributed by atoms with E-state index in [0.29, 0.717) is 18.7 Å². The van der Waals surface area contributed by atoms with Gasteiger partial charge < -0.3 is 19.7 Å². The second kappa shape index (κ2) is 11.3. The van der Waals surface area contributed by atoms with Crippen LogP contribution in [-0.2, 0) is 11.3 Å². The molecule has 1 unspecified atom stereocenters. The highest BCUT2D eigenvalue weighted by Gasteiger charge is 2.25. The Morgan fingerprint density at radius 2 is 2.00 bits per heavy atom. The van der Waals surface area contributed by atoms with Gasteiger partial charge >= 0.3 is 0 Å². The Bertz CT molecular complexity index is 749. The zero-order valence-electron chi connectivity index (χ0n) is 18.0. The molecule has 4 rings (SSSR count). The number of ether oxygens (including phenoxy) is 2. The summed E-state index contributed by atoms with van der Waals surface area (Å²) in [7, 11) is 0. The summed E-state index contributed by atoms with van der Waals surface area (Å²) in [6.45, 7) is 4.51. The van der Waals surface area contributed by atoms with E-state index in [2.05, 4.69) is 45.5 Å². The largest absolute Gasteiger partial charge is 0.490 e. The summed E-state index contributed by atoms with van der Waals surface area (Å²) in [6, 6.07) is 13.7. The number of benzene rings is 1. The highest BCUT2D eigenvalue weighted by atomic mass is 16.5. The maximum absolute atomic E-state index is 6.02. The minimum Gasteiger partial charge on any atom is -0.490 e. The quantitative estimate of drug-likeness (QED) is 0.551. The van der Waals surface area contributed by atoms with E-state index >= 15 is 0 Å². The molecule has 3 heterocycles. The van der Waals surface area contributed by atoms with Crippen LogP contribution in [0.5, 0.6) is 5.75 Å². The van der Waals surface area contributed by atoms with Gasteiger partial charge in [-0.1, -0.05) is 30.3 Å². The van der Waals surface area contributed by atoms with Gasteiger partial charge in [-0.05, 0) is 57.1 Å². The molecular weight excluding hydrogens is 374 g/mol. The minimum absolute atomic E-state index is 0.484. The topological polar surface area (TPSA) is 46.6 Å². The molecule has 2 aromatic rings. The van der Waals surface area contributed by atoms with Crippen molar-refractivity contribution in [3.8, 4) is 5.75 Å². The van der Waals surface area contributed by atoms with Crippen LogP contribution in [0.4, 0.5) is 5.69 Å². The third kappa shape index (κ3) is 6.19. The summed E-state index contributed by atoms with van der Waals surface area (Å²) in [5.41, 5.74) is 2.45. The molecule has 1 aromatic heterocycles. The van der Waals surface area contributed by atoms with Crippen molar-refractivity contribution in [2.24, 2.45) is 0 Å². The predicted molar refractivity (Wildman–Crippen MR) is 121 cm³/mol. The van der Waals surface area contributed by atoms with Crippen molar-refractivity contribution in [3.63, 3.8) is 0 Å². The van der Waals surface area contributed by atoms with Crippen LogP contribution >= 0.6 is 0 Å². The molecule has 1 aromatic carbocycles. The number of rotatable bonds is 11. The Morgan fingerprint density at radius 3 is 2.87 bits per heavy atom. The minimum atomic E-state index is 0.484. The molecule has 5 nitrogen and oxygen atoms in total. The SMILES string of the molecule is c1ccc(COCCCCC2CCCN2c2cncc(OC[C@@H]3CCCN3)c2)cc1. The van der Waals surface area contributed by atoms with Gasteiger partial charge in [0.25, 0.3) is 0 Å². The number of hydrogen-bond donors (Lipinski definition) is 1. The molecule has 0 aliphatic carbocycles. The zero-order valence-corrected chi connectivity index (χ0v) is 18.0. The fourth-order valence-electron chi connectivity index (χ4n) is 4.56. The average molecular weight is 410 g/mol. The second-order valence-electron chi connectivity index (χ2n) is 8.51. The molecule has 0 amide bonds. The molecule has 0 bridgehead atoms. The molecule has 2 saturated heterocycles. The number of anilines is 1. The van der Waals surface area contributed by atoms with Crippen LogP contribution in [0.15, 0.2) is 48.8 Å². The maximum Gasteiger partial charge on any atom is 0.139 e. The molecule has 2 aliphatic heterocycles. The van der Waals surface area contributed by atoms with E-state index in [1.807, 2.05) is 18.5 Å². The molecule has 5 heteroatoms. The Kier molecular flexibility index (Phi) is 7.98. The Labute approximate surface area is 180 Å². The average Bonchev–Trinajstić information content (AvgIpc) is 3.48. The van der Waals surface area contributed by atoms with Crippen LogP contribution in [0.2, 0.25) is 0 Å². The van der Waals surface area contributed by atoms with Crippen molar-refractivity contribution in [3.05, 3.63) is 54.4 Å². The van der Waals surface area contributed by atoms with Crippen LogP contribution in [0.25, 0.3) is 0 Å². The summed E-state index contributed by atoms with van der Waals surface area (Å²) in [5.74, 6) is 0.890. The fourth-order valence-corrected chi connectivity index (χ4v) is 4.56. The van der Waals surface area contributed by atoms with Gasteiger partial charge in [0.15, 0.2) is 0 Å². The third-order valence-corrected chi connectivity index (χ3v) is 6.21. The second-order valence-corrected chi connectivity index (χ2v) is 8.51. The fraction of sp³-hybridized carbons (Fsp3) is 0.560. The highest BCUT2D eigenvalue weighted by molar-refractivity contribution is 5.50. The van der Waals surface area contributed by atoms with Crippen LogP contribution in [0.3, 0.4) is 0 Å². The van der Waals surface area contributed by atoms with Crippen LogP contribution in [0.1, 0.15) is 50.5 Å².